The molecule has 1 aliphatic rings. The zero-order valence-electron chi connectivity index (χ0n) is 17.4. The van der Waals surface area contributed by atoms with Gasteiger partial charge in [-0.1, -0.05) is 18.6 Å². The maximum absolute atomic E-state index is 12.8. The van der Waals surface area contributed by atoms with Gasteiger partial charge in [0.25, 0.3) is 5.56 Å². The van der Waals surface area contributed by atoms with E-state index in [0.29, 0.717) is 16.8 Å². The van der Waals surface area contributed by atoms with Crippen LogP contribution in [0.2, 0.25) is 0 Å². The third-order valence-electron chi connectivity index (χ3n) is 6.06. The summed E-state index contributed by atoms with van der Waals surface area (Å²) in [6.07, 6.45) is 5.92. The van der Waals surface area contributed by atoms with E-state index in [2.05, 4.69) is 14.9 Å². The van der Waals surface area contributed by atoms with E-state index in [-0.39, 0.29) is 23.6 Å². The summed E-state index contributed by atoms with van der Waals surface area (Å²) in [7, 11) is 0. The second-order valence-corrected chi connectivity index (χ2v) is 8.20. The van der Waals surface area contributed by atoms with Crippen molar-refractivity contribution in [3.05, 3.63) is 65.0 Å². The number of hydrogen-bond donors (Lipinski definition) is 1. The summed E-state index contributed by atoms with van der Waals surface area (Å²) < 4.78 is 9.22. The topological polar surface area (TPSA) is 94.9 Å². The molecule has 0 bridgehead atoms. The predicted molar refractivity (Wildman–Crippen MR) is 122 cm³/mol. The normalized spacial score (nSPS) is 14.0. The molecule has 0 radical (unpaired) electrons. The van der Waals surface area contributed by atoms with E-state index in [0.717, 1.165) is 48.1 Å². The Morgan fingerprint density at radius 2 is 2.03 bits per heavy atom. The summed E-state index contributed by atoms with van der Waals surface area (Å²) >= 11 is 0. The number of para-hydroxylation sites is 1. The Morgan fingerprint density at radius 3 is 2.97 bits per heavy atom. The smallest absolute Gasteiger partial charge is 0.297 e. The highest BCUT2D eigenvalue weighted by molar-refractivity contribution is 6.01. The van der Waals surface area contributed by atoms with E-state index in [1.54, 1.807) is 6.07 Å². The fourth-order valence-electron chi connectivity index (χ4n) is 4.51. The molecule has 6 rings (SSSR count). The van der Waals surface area contributed by atoms with E-state index in [1.807, 2.05) is 36.4 Å². The van der Waals surface area contributed by atoms with Gasteiger partial charge in [-0.3, -0.25) is 14.2 Å². The summed E-state index contributed by atoms with van der Waals surface area (Å²) in [6.45, 7) is 0.828. The highest BCUT2D eigenvalue weighted by atomic mass is 16.3. The molecule has 160 valence electrons. The third kappa shape index (κ3) is 3.07. The second kappa shape index (κ2) is 7.33. The molecule has 0 aliphatic carbocycles. The monoisotopic (exact) mass is 427 g/mol. The molecule has 1 N–H and O–H groups in total. The molecule has 32 heavy (non-hydrogen) atoms. The number of aromatic nitrogens is 4. The molecule has 0 unspecified atom stereocenters. The van der Waals surface area contributed by atoms with Crippen molar-refractivity contribution < 1.29 is 9.21 Å². The van der Waals surface area contributed by atoms with Crippen molar-refractivity contribution in [2.75, 3.05) is 5.32 Å². The molecular weight excluding hydrogens is 406 g/mol. The summed E-state index contributed by atoms with van der Waals surface area (Å²) in [4.78, 5) is 34.6. The number of carbonyl (C=O) groups is 1. The minimum absolute atomic E-state index is 0.155. The highest BCUT2D eigenvalue weighted by Crippen LogP contribution is 2.25. The van der Waals surface area contributed by atoms with Gasteiger partial charge in [-0.2, -0.15) is 0 Å². The number of furan rings is 1. The number of rotatable bonds is 3. The van der Waals surface area contributed by atoms with Gasteiger partial charge >= 0.3 is 0 Å². The first-order chi connectivity index (χ1) is 15.7. The van der Waals surface area contributed by atoms with E-state index in [9.17, 15) is 9.59 Å². The van der Waals surface area contributed by atoms with Gasteiger partial charge in [0.2, 0.25) is 11.5 Å². The van der Waals surface area contributed by atoms with Crippen molar-refractivity contribution in [2.45, 2.75) is 38.8 Å². The molecule has 4 heterocycles. The predicted octanol–water partition coefficient (Wildman–Crippen LogP) is 3.86. The van der Waals surface area contributed by atoms with Gasteiger partial charge in [0.15, 0.2) is 0 Å². The summed E-state index contributed by atoms with van der Waals surface area (Å²) in [5.41, 5.74) is 3.50. The molecule has 8 heteroatoms. The van der Waals surface area contributed by atoms with Crippen LogP contribution in [0.5, 0.6) is 0 Å². The van der Waals surface area contributed by atoms with E-state index in [4.69, 9.17) is 9.40 Å². The van der Waals surface area contributed by atoms with Crippen LogP contribution in [0.25, 0.3) is 33.1 Å². The zero-order chi connectivity index (χ0) is 21.7. The quantitative estimate of drug-likeness (QED) is 0.472. The Morgan fingerprint density at radius 1 is 1.12 bits per heavy atom. The van der Waals surface area contributed by atoms with Gasteiger partial charge in [0.1, 0.15) is 23.5 Å². The first kappa shape index (κ1) is 18.8. The Kier molecular flexibility index (Phi) is 4.31. The lowest BCUT2D eigenvalue weighted by Crippen LogP contribution is -2.27. The standard InChI is InChI=1S/C24H21N5O3/c30-21(13-28-14-25-22-16-6-3-4-7-19(16)32-23(22)24(28)31)26-15-9-10-18-17(12-15)27-20-8-2-1-5-11-29(18)20/h3-4,6-7,9-10,12,14H,1-2,5,8,11,13H2,(H,26,30). The molecule has 3 aromatic heterocycles. The Bertz CT molecular complexity index is 1560. The Labute approximate surface area is 182 Å². The van der Waals surface area contributed by atoms with Crippen molar-refractivity contribution in [1.82, 2.24) is 19.1 Å². The number of hydrogen-bond acceptors (Lipinski definition) is 5. The number of imidazole rings is 1. The number of carbonyl (C=O) groups excluding carboxylic acids is 1. The number of nitrogens with one attached hydrogen (secondary N) is 1. The van der Waals surface area contributed by atoms with Gasteiger partial charge in [-0.25, -0.2) is 9.97 Å². The number of nitrogens with zero attached hydrogens (tertiary/aromatic N) is 4. The number of fused-ring (bicyclic) bond motifs is 6. The van der Waals surface area contributed by atoms with Crippen molar-refractivity contribution in [3.8, 4) is 0 Å². The summed E-state index contributed by atoms with van der Waals surface area (Å²) in [6, 6.07) is 13.1. The average Bonchev–Trinajstić information content (AvgIpc) is 3.25. The molecule has 0 saturated carbocycles. The fraction of sp³-hybridized carbons (Fsp3) is 0.250. The average molecular weight is 427 g/mol. The SMILES string of the molecule is O=C(Cn1cnc2c(oc3ccccc32)c1=O)Nc1ccc2c(c1)nc1n2CCCCC1. The molecule has 8 nitrogen and oxygen atoms in total. The number of anilines is 1. The highest BCUT2D eigenvalue weighted by Gasteiger charge is 2.16. The molecule has 2 aromatic carbocycles. The first-order valence-electron chi connectivity index (χ1n) is 10.8. The van der Waals surface area contributed by atoms with Gasteiger partial charge in [-0.15, -0.1) is 0 Å². The van der Waals surface area contributed by atoms with Crippen LogP contribution in [0.4, 0.5) is 5.69 Å². The lowest BCUT2D eigenvalue weighted by Gasteiger charge is -2.08. The third-order valence-corrected chi connectivity index (χ3v) is 6.06. The lowest BCUT2D eigenvalue weighted by molar-refractivity contribution is -0.116. The van der Waals surface area contributed by atoms with E-state index in [1.165, 1.54) is 17.3 Å². The van der Waals surface area contributed by atoms with Crippen LogP contribution in [0, 0.1) is 0 Å². The van der Waals surface area contributed by atoms with Crippen molar-refractivity contribution in [1.29, 1.82) is 0 Å². The Hall–Kier alpha value is -3.94. The van der Waals surface area contributed by atoms with E-state index < -0.39 is 0 Å². The van der Waals surface area contributed by atoms with Crippen LogP contribution in [-0.4, -0.2) is 25.0 Å². The fourth-order valence-corrected chi connectivity index (χ4v) is 4.51. The van der Waals surface area contributed by atoms with Gasteiger partial charge in [0, 0.05) is 24.0 Å². The number of aryl methyl sites for hydroxylation is 2. The molecule has 1 amide bonds. The molecule has 0 atom stereocenters. The summed E-state index contributed by atoms with van der Waals surface area (Å²) in [5, 5.41) is 3.65. The maximum atomic E-state index is 12.8. The zero-order valence-corrected chi connectivity index (χ0v) is 17.4. The molecule has 0 saturated heterocycles. The molecule has 5 aromatic rings. The second-order valence-electron chi connectivity index (χ2n) is 8.20. The van der Waals surface area contributed by atoms with Crippen molar-refractivity contribution in [2.24, 2.45) is 0 Å². The van der Waals surface area contributed by atoms with Crippen LogP contribution < -0.4 is 10.9 Å². The van der Waals surface area contributed by atoms with Crippen LogP contribution in [0.3, 0.4) is 0 Å². The molecular formula is C24H21N5O3. The summed E-state index contributed by atoms with van der Waals surface area (Å²) in [5.74, 6) is 0.794. The van der Waals surface area contributed by atoms with Crippen molar-refractivity contribution in [3.63, 3.8) is 0 Å². The van der Waals surface area contributed by atoms with Gasteiger partial charge in [-0.05, 0) is 43.2 Å². The molecule has 0 fully saturated rings. The minimum atomic E-state index is -0.380. The molecule has 0 spiro atoms. The van der Waals surface area contributed by atoms with Crippen LogP contribution >= 0.6 is 0 Å². The largest absolute Gasteiger partial charge is 0.448 e. The first-order valence-corrected chi connectivity index (χ1v) is 10.8. The van der Waals surface area contributed by atoms with Gasteiger partial charge < -0.3 is 14.3 Å². The van der Waals surface area contributed by atoms with Crippen LogP contribution in [0.15, 0.2) is 58.0 Å². The number of benzene rings is 2. The lowest BCUT2D eigenvalue weighted by atomic mass is 10.2. The number of amides is 1. The van der Waals surface area contributed by atoms with Gasteiger partial charge in [0.05, 0.1) is 17.4 Å². The van der Waals surface area contributed by atoms with Crippen molar-refractivity contribution >= 4 is 44.7 Å². The van der Waals surface area contributed by atoms with Crippen LogP contribution in [0.1, 0.15) is 25.1 Å². The molecule has 1 aliphatic heterocycles. The van der Waals surface area contributed by atoms with Crippen LogP contribution in [-0.2, 0) is 24.3 Å². The Balaban J connectivity index is 1.26. The minimum Gasteiger partial charge on any atom is -0.448 e. The van der Waals surface area contributed by atoms with E-state index >= 15 is 0 Å². The maximum Gasteiger partial charge on any atom is 0.297 e.